The Kier molecular flexibility index (Phi) is 5.03. The number of hydrogen-bond donors (Lipinski definition) is 1. The van der Waals surface area contributed by atoms with Gasteiger partial charge in [-0.05, 0) is 43.5 Å². The number of urea groups is 1. The van der Waals surface area contributed by atoms with E-state index in [1.165, 1.54) is 0 Å². The second kappa shape index (κ2) is 7.60. The summed E-state index contributed by atoms with van der Waals surface area (Å²) in [4.78, 5) is 28.6. The van der Waals surface area contributed by atoms with Crippen molar-refractivity contribution >= 4 is 29.2 Å². The van der Waals surface area contributed by atoms with Gasteiger partial charge in [0.25, 0.3) is 5.91 Å². The number of nitrogens with one attached hydrogen (secondary N) is 1. The van der Waals surface area contributed by atoms with Gasteiger partial charge in [0.15, 0.2) is 5.69 Å². The van der Waals surface area contributed by atoms with Crippen molar-refractivity contribution in [3.63, 3.8) is 0 Å². The van der Waals surface area contributed by atoms with Crippen LogP contribution in [0.4, 0.5) is 10.5 Å². The molecule has 142 valence electrons. The van der Waals surface area contributed by atoms with Crippen LogP contribution in [0, 0.1) is 0 Å². The second-order valence-corrected chi connectivity index (χ2v) is 7.36. The summed E-state index contributed by atoms with van der Waals surface area (Å²) in [6, 6.07) is 8.79. The molecule has 0 bridgehead atoms. The van der Waals surface area contributed by atoms with Crippen LogP contribution in [0.25, 0.3) is 0 Å². The number of carbonyl (C=O) groups is 2. The predicted molar refractivity (Wildman–Crippen MR) is 103 cm³/mol. The standard InChI is InChI=1S/C19H22ClN5O2/c20-14-4-3-5-15(12-14)21-19(27)24-10-8-23(9-11-24)18(26)17-13-16-6-1-2-7-25(16)22-17/h3-5,12-13H,1-2,6-11H2,(H,21,27). The van der Waals surface area contributed by atoms with E-state index in [2.05, 4.69) is 10.4 Å². The highest BCUT2D eigenvalue weighted by atomic mass is 35.5. The van der Waals surface area contributed by atoms with Crippen LogP contribution in [0.5, 0.6) is 0 Å². The highest BCUT2D eigenvalue weighted by Crippen LogP contribution is 2.18. The number of hydrogen-bond acceptors (Lipinski definition) is 3. The molecule has 2 aliphatic heterocycles. The summed E-state index contributed by atoms with van der Waals surface area (Å²) in [5, 5.41) is 7.88. The summed E-state index contributed by atoms with van der Waals surface area (Å²) in [5.41, 5.74) is 2.32. The first-order chi connectivity index (χ1) is 13.1. The van der Waals surface area contributed by atoms with E-state index in [-0.39, 0.29) is 11.9 Å². The van der Waals surface area contributed by atoms with Crippen LogP contribution < -0.4 is 5.32 Å². The van der Waals surface area contributed by atoms with Crippen molar-refractivity contribution < 1.29 is 9.59 Å². The van der Waals surface area contributed by atoms with Crippen LogP contribution in [-0.2, 0) is 13.0 Å². The monoisotopic (exact) mass is 387 g/mol. The molecule has 1 fully saturated rings. The number of nitrogens with zero attached hydrogens (tertiary/aromatic N) is 4. The Balaban J connectivity index is 1.33. The molecule has 27 heavy (non-hydrogen) atoms. The van der Waals surface area contributed by atoms with E-state index >= 15 is 0 Å². The fraction of sp³-hybridized carbons (Fsp3) is 0.421. The molecule has 1 N–H and O–H groups in total. The first-order valence-electron chi connectivity index (χ1n) is 9.28. The third kappa shape index (κ3) is 3.93. The summed E-state index contributed by atoms with van der Waals surface area (Å²) in [7, 11) is 0. The van der Waals surface area contributed by atoms with Crippen LogP contribution >= 0.6 is 11.6 Å². The number of piperazine rings is 1. The molecule has 0 radical (unpaired) electrons. The van der Waals surface area contributed by atoms with Gasteiger partial charge in [-0.3, -0.25) is 9.48 Å². The van der Waals surface area contributed by atoms with Gasteiger partial charge < -0.3 is 15.1 Å². The van der Waals surface area contributed by atoms with Crippen LogP contribution in [0.3, 0.4) is 0 Å². The summed E-state index contributed by atoms with van der Waals surface area (Å²) in [6.07, 6.45) is 3.25. The van der Waals surface area contributed by atoms with Crippen LogP contribution in [0.15, 0.2) is 30.3 Å². The maximum Gasteiger partial charge on any atom is 0.321 e. The number of carbonyl (C=O) groups excluding carboxylic acids is 2. The maximum absolute atomic E-state index is 12.7. The van der Waals surface area contributed by atoms with Gasteiger partial charge in [0.1, 0.15) is 0 Å². The number of fused-ring (bicyclic) bond motifs is 1. The quantitative estimate of drug-likeness (QED) is 0.861. The molecule has 7 nitrogen and oxygen atoms in total. The molecule has 0 spiro atoms. The minimum atomic E-state index is -0.179. The molecule has 3 heterocycles. The van der Waals surface area contributed by atoms with Gasteiger partial charge in [0.05, 0.1) is 0 Å². The number of rotatable bonds is 2. The smallest absolute Gasteiger partial charge is 0.321 e. The van der Waals surface area contributed by atoms with E-state index in [0.29, 0.717) is 42.6 Å². The van der Waals surface area contributed by atoms with E-state index in [9.17, 15) is 9.59 Å². The predicted octanol–water partition coefficient (Wildman–Crippen LogP) is 2.86. The zero-order chi connectivity index (χ0) is 18.8. The molecule has 0 aliphatic carbocycles. The first kappa shape index (κ1) is 17.9. The molecule has 1 saturated heterocycles. The average Bonchev–Trinajstić information content (AvgIpc) is 3.12. The Morgan fingerprint density at radius 1 is 1.00 bits per heavy atom. The van der Waals surface area contributed by atoms with Gasteiger partial charge >= 0.3 is 6.03 Å². The summed E-state index contributed by atoms with van der Waals surface area (Å²) in [5.74, 6) is -0.0493. The number of amides is 3. The van der Waals surface area contributed by atoms with E-state index < -0.39 is 0 Å². The Labute approximate surface area is 162 Å². The van der Waals surface area contributed by atoms with Gasteiger partial charge in [-0.1, -0.05) is 17.7 Å². The van der Waals surface area contributed by atoms with E-state index in [4.69, 9.17) is 11.6 Å². The number of aryl methyl sites for hydroxylation is 2. The van der Waals surface area contributed by atoms with E-state index in [1.807, 2.05) is 10.7 Å². The van der Waals surface area contributed by atoms with Crippen molar-refractivity contribution in [1.29, 1.82) is 0 Å². The topological polar surface area (TPSA) is 70.5 Å². The number of aromatic nitrogens is 2. The molecule has 0 saturated carbocycles. The summed E-state index contributed by atoms with van der Waals surface area (Å²) in [6.45, 7) is 2.88. The highest BCUT2D eigenvalue weighted by Gasteiger charge is 2.27. The first-order valence-corrected chi connectivity index (χ1v) is 9.65. The van der Waals surface area contributed by atoms with Crippen molar-refractivity contribution in [3.05, 3.63) is 46.7 Å². The Bertz CT molecular complexity index is 834. The van der Waals surface area contributed by atoms with E-state index in [1.54, 1.807) is 34.1 Å². The van der Waals surface area contributed by atoms with Crippen LogP contribution in [0.2, 0.25) is 5.02 Å². The lowest BCUT2D eigenvalue weighted by Gasteiger charge is -2.34. The number of halogens is 1. The molecule has 1 aromatic heterocycles. The maximum atomic E-state index is 12.7. The Morgan fingerprint density at radius 3 is 2.52 bits per heavy atom. The molecule has 0 unspecified atom stereocenters. The molecular formula is C19H22ClN5O2. The van der Waals surface area contributed by atoms with Crippen molar-refractivity contribution in [3.8, 4) is 0 Å². The summed E-state index contributed by atoms with van der Waals surface area (Å²) >= 11 is 5.95. The van der Waals surface area contributed by atoms with Gasteiger partial charge in [0, 0.05) is 49.1 Å². The largest absolute Gasteiger partial charge is 0.334 e. The Hall–Kier alpha value is -2.54. The van der Waals surface area contributed by atoms with Crippen LogP contribution in [-0.4, -0.2) is 57.7 Å². The molecular weight excluding hydrogens is 366 g/mol. The van der Waals surface area contributed by atoms with Crippen molar-refractivity contribution in [2.45, 2.75) is 25.8 Å². The van der Waals surface area contributed by atoms with Crippen molar-refractivity contribution in [1.82, 2.24) is 19.6 Å². The molecule has 2 aromatic rings. The third-order valence-corrected chi connectivity index (χ3v) is 5.30. The molecule has 1 aromatic carbocycles. The molecule has 8 heteroatoms. The normalized spacial score (nSPS) is 16.8. The highest BCUT2D eigenvalue weighted by molar-refractivity contribution is 6.30. The lowest BCUT2D eigenvalue weighted by atomic mass is 10.1. The SMILES string of the molecule is O=C(Nc1cccc(Cl)c1)N1CCN(C(=O)c2cc3n(n2)CCCC3)CC1. The van der Waals surface area contributed by atoms with Crippen LogP contribution in [0.1, 0.15) is 29.0 Å². The lowest BCUT2D eigenvalue weighted by Crippen LogP contribution is -2.51. The minimum absolute atomic E-state index is 0.0493. The van der Waals surface area contributed by atoms with Crippen molar-refractivity contribution in [2.75, 3.05) is 31.5 Å². The second-order valence-electron chi connectivity index (χ2n) is 6.92. The fourth-order valence-electron chi connectivity index (χ4n) is 3.57. The van der Waals surface area contributed by atoms with Gasteiger partial charge in [0.2, 0.25) is 0 Å². The zero-order valence-corrected chi connectivity index (χ0v) is 15.8. The Morgan fingerprint density at radius 2 is 1.78 bits per heavy atom. The minimum Gasteiger partial charge on any atom is -0.334 e. The number of benzene rings is 1. The average molecular weight is 388 g/mol. The number of anilines is 1. The molecule has 2 aliphatic rings. The molecule has 0 atom stereocenters. The van der Waals surface area contributed by atoms with Gasteiger partial charge in [-0.15, -0.1) is 0 Å². The zero-order valence-electron chi connectivity index (χ0n) is 15.0. The van der Waals surface area contributed by atoms with E-state index in [0.717, 1.165) is 31.5 Å². The lowest BCUT2D eigenvalue weighted by molar-refractivity contribution is 0.0665. The molecule has 3 amide bonds. The fourth-order valence-corrected chi connectivity index (χ4v) is 3.76. The van der Waals surface area contributed by atoms with Gasteiger partial charge in [-0.25, -0.2) is 4.79 Å². The summed E-state index contributed by atoms with van der Waals surface area (Å²) < 4.78 is 1.95. The molecule has 4 rings (SSSR count). The van der Waals surface area contributed by atoms with Crippen molar-refractivity contribution in [2.24, 2.45) is 0 Å². The third-order valence-electron chi connectivity index (χ3n) is 5.07. The van der Waals surface area contributed by atoms with Gasteiger partial charge in [-0.2, -0.15) is 5.10 Å².